The number of nitrogens with two attached hydrogens (primary N) is 1. The van der Waals surface area contributed by atoms with Crippen LogP contribution in [0.2, 0.25) is 0 Å². The molecule has 0 fully saturated rings. The largest absolute Gasteiger partial charge is 0.394 e. The zero-order chi connectivity index (χ0) is 12.9. The lowest BCUT2D eigenvalue weighted by molar-refractivity contribution is 0.381. The highest BCUT2D eigenvalue weighted by molar-refractivity contribution is 7.79. The average Bonchev–Trinajstić information content (AvgIpc) is 2.10. The Morgan fingerprint density at radius 3 is 1.81 bits per heavy atom. The van der Waals surface area contributed by atoms with Gasteiger partial charge in [-0.3, -0.25) is 14.9 Å². The first-order valence-electron chi connectivity index (χ1n) is 3.46. The lowest BCUT2D eigenvalue weighted by Gasteiger charge is -2.02. The van der Waals surface area contributed by atoms with Crippen molar-refractivity contribution in [2.75, 3.05) is 5.43 Å². The van der Waals surface area contributed by atoms with E-state index in [2.05, 4.69) is 0 Å². The predicted octanol–water partition coefficient (Wildman–Crippen LogP) is 0.737. The van der Waals surface area contributed by atoms with Gasteiger partial charge in [-0.05, 0) is 12.1 Å². The highest BCUT2D eigenvalue weighted by Crippen LogP contribution is 2.19. The van der Waals surface area contributed by atoms with E-state index < -0.39 is 33.5 Å². The standard InChI is InChI=1S/C6H5F3N2.H2O4S/c7-3-1-2-4(8)6(11-10)5(3)9;1-5(2,3)4/h1-2,11H,10H2;(H2,1,2,3,4). The summed E-state index contributed by atoms with van der Waals surface area (Å²) in [5.41, 5.74) is 1.05. The zero-order valence-electron chi connectivity index (χ0n) is 7.49. The van der Waals surface area contributed by atoms with Gasteiger partial charge >= 0.3 is 10.4 Å². The molecule has 0 aromatic heterocycles. The van der Waals surface area contributed by atoms with Crippen LogP contribution in [-0.2, 0) is 10.4 Å². The van der Waals surface area contributed by atoms with Crippen LogP contribution in [-0.4, -0.2) is 17.5 Å². The van der Waals surface area contributed by atoms with Crippen molar-refractivity contribution in [3.8, 4) is 0 Å². The quantitative estimate of drug-likeness (QED) is 0.256. The molecular formula is C6H7F3N2O4S. The molecule has 0 saturated carbocycles. The smallest absolute Gasteiger partial charge is 0.319 e. The summed E-state index contributed by atoms with van der Waals surface area (Å²) >= 11 is 0. The van der Waals surface area contributed by atoms with E-state index in [1.807, 2.05) is 0 Å². The van der Waals surface area contributed by atoms with Crippen LogP contribution in [0.25, 0.3) is 0 Å². The Labute approximate surface area is 88.4 Å². The minimum absolute atomic E-state index is 0.662. The monoisotopic (exact) mass is 260 g/mol. The number of halogens is 3. The number of hydrogen-bond donors (Lipinski definition) is 4. The van der Waals surface area contributed by atoms with Gasteiger partial charge in [-0.15, -0.1) is 0 Å². The van der Waals surface area contributed by atoms with Crippen molar-refractivity contribution < 1.29 is 30.7 Å². The van der Waals surface area contributed by atoms with Crippen LogP contribution in [0, 0.1) is 17.5 Å². The first-order valence-corrected chi connectivity index (χ1v) is 4.86. The molecule has 1 aromatic carbocycles. The molecule has 0 spiro atoms. The van der Waals surface area contributed by atoms with Crippen LogP contribution in [0.5, 0.6) is 0 Å². The fraction of sp³-hybridized carbons (Fsp3) is 0. The first-order chi connectivity index (χ1) is 7.16. The third-order valence-corrected chi connectivity index (χ3v) is 1.19. The van der Waals surface area contributed by atoms with Crippen molar-refractivity contribution in [3.63, 3.8) is 0 Å². The summed E-state index contributed by atoms with van der Waals surface area (Å²) in [5, 5.41) is 0. The van der Waals surface area contributed by atoms with E-state index in [0.29, 0.717) is 6.07 Å². The van der Waals surface area contributed by atoms with E-state index >= 15 is 0 Å². The molecule has 16 heavy (non-hydrogen) atoms. The number of hydrazine groups is 1. The Balaban J connectivity index is 0.000000385. The van der Waals surface area contributed by atoms with E-state index in [0.717, 1.165) is 6.07 Å². The number of benzene rings is 1. The van der Waals surface area contributed by atoms with Crippen molar-refractivity contribution in [3.05, 3.63) is 29.6 Å². The molecule has 1 aromatic rings. The second kappa shape index (κ2) is 5.65. The van der Waals surface area contributed by atoms with Crippen molar-refractivity contribution in [2.24, 2.45) is 5.84 Å². The molecule has 0 aliphatic rings. The van der Waals surface area contributed by atoms with Crippen molar-refractivity contribution >= 4 is 16.1 Å². The van der Waals surface area contributed by atoms with Crippen molar-refractivity contribution in [1.29, 1.82) is 0 Å². The van der Waals surface area contributed by atoms with E-state index in [9.17, 15) is 13.2 Å². The molecule has 0 aliphatic heterocycles. The molecule has 0 unspecified atom stereocenters. The van der Waals surface area contributed by atoms with Gasteiger partial charge in [0, 0.05) is 0 Å². The Kier molecular flexibility index (Phi) is 5.17. The molecule has 6 nitrogen and oxygen atoms in total. The van der Waals surface area contributed by atoms with Gasteiger partial charge in [0.15, 0.2) is 17.5 Å². The SMILES string of the molecule is NNc1c(F)ccc(F)c1F.O=S(=O)(O)O. The molecule has 10 heteroatoms. The maximum absolute atomic E-state index is 12.5. The summed E-state index contributed by atoms with van der Waals surface area (Å²) in [5.74, 6) is 1.35. The van der Waals surface area contributed by atoms with Crippen LogP contribution in [0.15, 0.2) is 12.1 Å². The number of hydrogen-bond acceptors (Lipinski definition) is 4. The van der Waals surface area contributed by atoms with Gasteiger partial charge in [-0.2, -0.15) is 8.42 Å². The van der Waals surface area contributed by atoms with Crippen LogP contribution < -0.4 is 11.3 Å². The molecule has 0 aliphatic carbocycles. The first kappa shape index (κ1) is 14.6. The van der Waals surface area contributed by atoms with Crippen LogP contribution in [0.1, 0.15) is 0 Å². The lowest BCUT2D eigenvalue weighted by atomic mass is 10.3. The summed E-state index contributed by atoms with van der Waals surface area (Å²) in [7, 11) is -4.67. The summed E-state index contributed by atoms with van der Waals surface area (Å²) in [6.45, 7) is 0. The topological polar surface area (TPSA) is 113 Å². The molecule has 0 saturated heterocycles. The fourth-order valence-electron chi connectivity index (χ4n) is 0.659. The van der Waals surface area contributed by atoms with Crippen LogP contribution in [0.4, 0.5) is 18.9 Å². The molecular weight excluding hydrogens is 253 g/mol. The van der Waals surface area contributed by atoms with E-state index in [1.165, 1.54) is 0 Å². The molecule has 0 atom stereocenters. The third-order valence-electron chi connectivity index (χ3n) is 1.19. The Morgan fingerprint density at radius 1 is 1.12 bits per heavy atom. The summed E-state index contributed by atoms with van der Waals surface area (Å²) in [6.07, 6.45) is 0. The number of rotatable bonds is 1. The third kappa shape index (κ3) is 5.50. The van der Waals surface area contributed by atoms with Gasteiger partial charge in [0.2, 0.25) is 0 Å². The molecule has 0 bridgehead atoms. The Bertz CT molecular complexity index is 457. The maximum atomic E-state index is 12.5. The molecule has 0 heterocycles. The molecule has 1 rings (SSSR count). The van der Waals surface area contributed by atoms with E-state index in [4.69, 9.17) is 23.4 Å². The van der Waals surface area contributed by atoms with E-state index in [1.54, 1.807) is 5.43 Å². The lowest BCUT2D eigenvalue weighted by Crippen LogP contribution is -2.11. The normalized spacial score (nSPS) is 10.4. The van der Waals surface area contributed by atoms with Crippen molar-refractivity contribution in [1.82, 2.24) is 0 Å². The Morgan fingerprint density at radius 2 is 1.50 bits per heavy atom. The molecule has 0 radical (unpaired) electrons. The second-order valence-corrected chi connectivity index (χ2v) is 3.21. The summed E-state index contributed by atoms with van der Waals surface area (Å²) < 4.78 is 68.9. The maximum Gasteiger partial charge on any atom is 0.394 e. The van der Waals surface area contributed by atoms with Gasteiger partial charge in [-0.1, -0.05) is 0 Å². The zero-order valence-corrected chi connectivity index (χ0v) is 8.30. The van der Waals surface area contributed by atoms with Gasteiger partial charge in [-0.25, -0.2) is 13.2 Å². The average molecular weight is 260 g/mol. The minimum atomic E-state index is -4.67. The van der Waals surface area contributed by atoms with E-state index in [-0.39, 0.29) is 0 Å². The summed E-state index contributed by atoms with van der Waals surface area (Å²) in [6, 6.07) is 1.47. The summed E-state index contributed by atoms with van der Waals surface area (Å²) in [4.78, 5) is 0. The minimum Gasteiger partial charge on any atom is -0.319 e. The van der Waals surface area contributed by atoms with Crippen molar-refractivity contribution in [2.45, 2.75) is 0 Å². The van der Waals surface area contributed by atoms with Crippen LogP contribution in [0.3, 0.4) is 0 Å². The second-order valence-electron chi connectivity index (χ2n) is 2.31. The van der Waals surface area contributed by atoms with Gasteiger partial charge in [0.05, 0.1) is 0 Å². The molecule has 5 N–H and O–H groups in total. The molecule has 0 amide bonds. The number of nitrogen functional groups attached to an aromatic ring is 1. The van der Waals surface area contributed by atoms with Crippen LogP contribution >= 0.6 is 0 Å². The van der Waals surface area contributed by atoms with Gasteiger partial charge in [0.25, 0.3) is 0 Å². The highest BCUT2D eigenvalue weighted by Gasteiger charge is 2.11. The number of nitrogens with one attached hydrogen (secondary N) is 1. The fourth-order valence-corrected chi connectivity index (χ4v) is 0.659. The van der Waals surface area contributed by atoms with Gasteiger partial charge < -0.3 is 5.43 Å². The van der Waals surface area contributed by atoms with Gasteiger partial charge in [0.1, 0.15) is 5.69 Å². The predicted molar refractivity (Wildman–Crippen MR) is 48.3 cm³/mol. The highest BCUT2D eigenvalue weighted by atomic mass is 32.3. The Hall–Kier alpha value is -1.36. The molecule has 92 valence electrons. The number of anilines is 1.